The van der Waals surface area contributed by atoms with Crippen molar-refractivity contribution in [2.24, 2.45) is 0 Å². The predicted molar refractivity (Wildman–Crippen MR) is 65.4 cm³/mol. The first-order chi connectivity index (χ1) is 7.19. The Morgan fingerprint density at radius 3 is 2.73 bits per heavy atom. The average Bonchev–Trinajstić information content (AvgIpc) is 2.16. The van der Waals surface area contributed by atoms with E-state index in [1.54, 1.807) is 0 Å². The van der Waals surface area contributed by atoms with Gasteiger partial charge in [0, 0.05) is 10.5 Å². The van der Waals surface area contributed by atoms with Crippen molar-refractivity contribution in [1.29, 1.82) is 0 Å². The summed E-state index contributed by atoms with van der Waals surface area (Å²) in [6.07, 6.45) is 2.63. The van der Waals surface area contributed by atoms with Crippen LogP contribution in [0.2, 0.25) is 0 Å². The third-order valence-corrected chi connectivity index (χ3v) is 3.82. The number of nitrogens with one attached hydrogen (secondary N) is 1. The summed E-state index contributed by atoms with van der Waals surface area (Å²) in [6, 6.07) is 6.78. The van der Waals surface area contributed by atoms with Gasteiger partial charge in [0.2, 0.25) is 0 Å². The van der Waals surface area contributed by atoms with Gasteiger partial charge in [0.25, 0.3) is 0 Å². The topological polar surface area (TPSA) is 21.3 Å². The van der Waals surface area contributed by atoms with E-state index in [0.717, 1.165) is 23.1 Å². The second kappa shape index (κ2) is 4.54. The minimum atomic E-state index is 0.392. The van der Waals surface area contributed by atoms with E-state index < -0.39 is 0 Å². The molecule has 0 amide bonds. The number of benzene rings is 1. The Kier molecular flexibility index (Phi) is 3.32. The summed E-state index contributed by atoms with van der Waals surface area (Å²) in [5.41, 5.74) is 1.22. The lowest BCUT2D eigenvalue weighted by Crippen LogP contribution is -2.45. The molecular weight excluding hydrogens is 254 g/mol. The molecule has 1 aromatic rings. The minimum Gasteiger partial charge on any atom is -0.490 e. The smallest absolute Gasteiger partial charge is 0.120 e. The molecule has 0 unspecified atom stereocenters. The maximum absolute atomic E-state index is 5.86. The van der Waals surface area contributed by atoms with Crippen LogP contribution >= 0.6 is 15.9 Å². The fourth-order valence-corrected chi connectivity index (χ4v) is 2.03. The number of halogens is 1. The summed E-state index contributed by atoms with van der Waals surface area (Å²) in [5, 5.41) is 3.25. The zero-order chi connectivity index (χ0) is 10.8. The highest BCUT2D eigenvalue weighted by Gasteiger charge is 2.29. The maximum Gasteiger partial charge on any atom is 0.120 e. The molecule has 0 aliphatic heterocycles. The van der Waals surface area contributed by atoms with E-state index in [2.05, 4.69) is 34.2 Å². The van der Waals surface area contributed by atoms with Gasteiger partial charge in [0.15, 0.2) is 0 Å². The Balaban J connectivity index is 1.92. The van der Waals surface area contributed by atoms with Crippen LogP contribution in [0.15, 0.2) is 22.7 Å². The zero-order valence-corrected chi connectivity index (χ0v) is 10.7. The molecule has 0 spiro atoms. The van der Waals surface area contributed by atoms with Gasteiger partial charge in [-0.2, -0.15) is 0 Å². The van der Waals surface area contributed by atoms with Gasteiger partial charge in [-0.05, 0) is 50.6 Å². The third kappa shape index (κ3) is 2.52. The SMILES string of the molecule is CNC1CC(Oc2ccc(Br)c(C)c2)C1. The summed E-state index contributed by atoms with van der Waals surface area (Å²) in [6.45, 7) is 2.08. The van der Waals surface area contributed by atoms with Crippen LogP contribution in [0, 0.1) is 6.92 Å². The molecule has 1 saturated carbocycles. The number of aryl methyl sites for hydroxylation is 1. The van der Waals surface area contributed by atoms with E-state index in [4.69, 9.17) is 4.74 Å². The van der Waals surface area contributed by atoms with E-state index >= 15 is 0 Å². The van der Waals surface area contributed by atoms with Crippen molar-refractivity contribution in [1.82, 2.24) is 5.32 Å². The molecule has 1 N–H and O–H groups in total. The molecule has 82 valence electrons. The number of ether oxygens (including phenoxy) is 1. The van der Waals surface area contributed by atoms with Crippen molar-refractivity contribution in [3.05, 3.63) is 28.2 Å². The van der Waals surface area contributed by atoms with Crippen LogP contribution in [-0.4, -0.2) is 19.2 Å². The molecule has 1 aliphatic rings. The van der Waals surface area contributed by atoms with E-state index in [0.29, 0.717) is 12.1 Å². The minimum absolute atomic E-state index is 0.392. The average molecular weight is 270 g/mol. The highest BCUT2D eigenvalue weighted by molar-refractivity contribution is 9.10. The fraction of sp³-hybridized carbons (Fsp3) is 0.500. The molecule has 0 radical (unpaired) electrons. The molecule has 2 rings (SSSR count). The Morgan fingerprint density at radius 1 is 1.40 bits per heavy atom. The highest BCUT2D eigenvalue weighted by atomic mass is 79.9. The molecule has 15 heavy (non-hydrogen) atoms. The van der Waals surface area contributed by atoms with Crippen molar-refractivity contribution in [2.45, 2.75) is 31.9 Å². The van der Waals surface area contributed by atoms with Crippen LogP contribution in [0.5, 0.6) is 5.75 Å². The highest BCUT2D eigenvalue weighted by Crippen LogP contribution is 2.28. The van der Waals surface area contributed by atoms with Crippen LogP contribution in [0.3, 0.4) is 0 Å². The lowest BCUT2D eigenvalue weighted by Gasteiger charge is -2.35. The third-order valence-electron chi connectivity index (χ3n) is 2.94. The van der Waals surface area contributed by atoms with Gasteiger partial charge in [-0.1, -0.05) is 15.9 Å². The van der Waals surface area contributed by atoms with Crippen molar-refractivity contribution in [3.63, 3.8) is 0 Å². The van der Waals surface area contributed by atoms with Crippen LogP contribution in [0.1, 0.15) is 18.4 Å². The standard InChI is InChI=1S/C12H16BrNO/c1-8-5-10(3-4-12(8)13)15-11-6-9(7-11)14-2/h3-5,9,11,14H,6-7H2,1-2H3. The second-order valence-electron chi connectivity index (χ2n) is 4.11. The molecule has 1 aromatic carbocycles. The maximum atomic E-state index is 5.86. The van der Waals surface area contributed by atoms with Gasteiger partial charge < -0.3 is 10.1 Å². The Bertz CT molecular complexity index is 347. The molecule has 1 fully saturated rings. The summed E-state index contributed by atoms with van der Waals surface area (Å²) < 4.78 is 6.99. The van der Waals surface area contributed by atoms with E-state index in [9.17, 15) is 0 Å². The van der Waals surface area contributed by atoms with Crippen LogP contribution in [-0.2, 0) is 0 Å². The van der Waals surface area contributed by atoms with Crippen molar-refractivity contribution in [2.75, 3.05) is 7.05 Å². The van der Waals surface area contributed by atoms with Gasteiger partial charge >= 0.3 is 0 Å². The Labute approximate surface area is 99.1 Å². The van der Waals surface area contributed by atoms with Crippen LogP contribution in [0.4, 0.5) is 0 Å². The van der Waals surface area contributed by atoms with Gasteiger partial charge in [0.05, 0.1) is 0 Å². The summed E-state index contributed by atoms with van der Waals surface area (Å²) in [4.78, 5) is 0. The van der Waals surface area contributed by atoms with Gasteiger partial charge in [-0.15, -0.1) is 0 Å². The molecule has 0 saturated heterocycles. The van der Waals surface area contributed by atoms with Crippen molar-refractivity contribution in [3.8, 4) is 5.75 Å². The van der Waals surface area contributed by atoms with Crippen molar-refractivity contribution < 1.29 is 4.74 Å². The number of hydrogen-bond acceptors (Lipinski definition) is 2. The molecule has 0 aromatic heterocycles. The first-order valence-corrected chi connectivity index (χ1v) is 6.08. The van der Waals surface area contributed by atoms with Gasteiger partial charge in [-0.3, -0.25) is 0 Å². The Hall–Kier alpha value is -0.540. The van der Waals surface area contributed by atoms with Crippen molar-refractivity contribution >= 4 is 15.9 Å². The normalized spacial score (nSPS) is 24.7. The summed E-state index contributed by atoms with van der Waals surface area (Å²) in [5.74, 6) is 0.982. The van der Waals surface area contributed by atoms with Crippen LogP contribution < -0.4 is 10.1 Å². The lowest BCUT2D eigenvalue weighted by molar-refractivity contribution is 0.0884. The van der Waals surface area contributed by atoms with E-state index in [1.165, 1.54) is 5.56 Å². The lowest BCUT2D eigenvalue weighted by atomic mass is 9.89. The number of hydrogen-bond donors (Lipinski definition) is 1. The van der Waals surface area contributed by atoms with Gasteiger partial charge in [0.1, 0.15) is 11.9 Å². The first kappa shape index (κ1) is 11.0. The number of rotatable bonds is 3. The molecule has 0 bridgehead atoms. The first-order valence-electron chi connectivity index (χ1n) is 5.29. The molecule has 3 heteroatoms. The monoisotopic (exact) mass is 269 g/mol. The molecular formula is C12H16BrNO. The fourth-order valence-electron chi connectivity index (χ4n) is 1.78. The zero-order valence-electron chi connectivity index (χ0n) is 9.09. The van der Waals surface area contributed by atoms with E-state index in [1.807, 2.05) is 19.2 Å². The molecule has 0 heterocycles. The quantitative estimate of drug-likeness (QED) is 0.911. The van der Waals surface area contributed by atoms with Gasteiger partial charge in [-0.25, -0.2) is 0 Å². The summed E-state index contributed by atoms with van der Waals surface area (Å²) in [7, 11) is 2.00. The Morgan fingerprint density at radius 2 is 2.13 bits per heavy atom. The van der Waals surface area contributed by atoms with E-state index in [-0.39, 0.29) is 0 Å². The predicted octanol–water partition coefficient (Wildman–Crippen LogP) is 2.89. The summed E-state index contributed by atoms with van der Waals surface area (Å²) >= 11 is 3.48. The molecule has 2 nitrogen and oxygen atoms in total. The molecule has 1 aliphatic carbocycles. The van der Waals surface area contributed by atoms with Crippen LogP contribution in [0.25, 0.3) is 0 Å². The largest absolute Gasteiger partial charge is 0.490 e. The second-order valence-corrected chi connectivity index (χ2v) is 4.96. The molecule has 0 atom stereocenters.